The lowest BCUT2D eigenvalue weighted by Crippen LogP contribution is -2.05. The van der Waals surface area contributed by atoms with Crippen LogP contribution in [0.15, 0.2) is 12.1 Å². The number of carbonyl (C=O) groups excluding carboxylic acids is 1. The van der Waals surface area contributed by atoms with Crippen LogP contribution in [0.5, 0.6) is 5.75 Å². The molecule has 0 heterocycles. The predicted octanol–water partition coefficient (Wildman–Crippen LogP) is 2.89. The second-order valence-electron chi connectivity index (χ2n) is 3.22. The Bertz CT molecular complexity index is 359. The highest BCUT2D eigenvalue weighted by Gasteiger charge is 2.13. The van der Waals surface area contributed by atoms with E-state index < -0.39 is 0 Å². The maximum Gasteiger partial charge on any atom is 0.177 e. The molecule has 0 saturated heterocycles. The minimum absolute atomic E-state index is 0.0497. The van der Waals surface area contributed by atoms with E-state index in [0.29, 0.717) is 16.6 Å². The summed E-state index contributed by atoms with van der Waals surface area (Å²) in [7, 11) is 1.59. The van der Waals surface area contributed by atoms with E-state index in [1.54, 1.807) is 7.11 Å². The molecule has 14 heavy (non-hydrogen) atoms. The van der Waals surface area contributed by atoms with Gasteiger partial charge >= 0.3 is 0 Å². The maximum atomic E-state index is 11.6. The van der Waals surface area contributed by atoms with Crippen LogP contribution in [0, 0.1) is 13.8 Å². The molecule has 0 bridgehead atoms. The molecule has 0 radical (unpaired) electrons. The van der Waals surface area contributed by atoms with E-state index in [4.69, 9.17) is 4.74 Å². The second kappa shape index (κ2) is 4.60. The quantitative estimate of drug-likeness (QED) is 0.614. The van der Waals surface area contributed by atoms with Crippen molar-refractivity contribution < 1.29 is 9.53 Å². The van der Waals surface area contributed by atoms with Gasteiger partial charge in [-0.15, -0.1) is 0 Å². The number of aryl methyl sites for hydroxylation is 2. The summed E-state index contributed by atoms with van der Waals surface area (Å²) in [4.78, 5) is 11.6. The summed E-state index contributed by atoms with van der Waals surface area (Å²) in [6.07, 6.45) is 0. The zero-order chi connectivity index (χ0) is 10.7. The highest BCUT2D eigenvalue weighted by molar-refractivity contribution is 9.09. The third kappa shape index (κ3) is 2.15. The van der Waals surface area contributed by atoms with E-state index in [1.807, 2.05) is 26.0 Å². The molecule has 2 nitrogen and oxygen atoms in total. The highest BCUT2D eigenvalue weighted by Crippen LogP contribution is 2.25. The van der Waals surface area contributed by atoms with Gasteiger partial charge in [0.2, 0.25) is 0 Å². The van der Waals surface area contributed by atoms with Gasteiger partial charge in [-0.05, 0) is 31.0 Å². The van der Waals surface area contributed by atoms with Gasteiger partial charge in [-0.1, -0.05) is 22.0 Å². The Balaban J connectivity index is 3.32. The molecule has 0 aliphatic heterocycles. The molecule has 0 unspecified atom stereocenters. The average Bonchev–Trinajstić information content (AvgIpc) is 2.15. The van der Waals surface area contributed by atoms with Gasteiger partial charge in [0.15, 0.2) is 5.78 Å². The molecule has 0 fully saturated rings. The molecule has 1 rings (SSSR count). The number of rotatable bonds is 3. The van der Waals surface area contributed by atoms with Crippen molar-refractivity contribution in [2.45, 2.75) is 13.8 Å². The topological polar surface area (TPSA) is 26.3 Å². The number of carbonyl (C=O) groups is 1. The Kier molecular flexibility index (Phi) is 3.69. The maximum absolute atomic E-state index is 11.6. The molecule has 0 amide bonds. The molecule has 3 heteroatoms. The number of Topliss-reactive ketones (excluding diaryl/α,β-unsaturated/α-hetero) is 1. The highest BCUT2D eigenvalue weighted by atomic mass is 79.9. The van der Waals surface area contributed by atoms with Crippen LogP contribution in [0.1, 0.15) is 21.5 Å². The molecule has 1 aromatic carbocycles. The van der Waals surface area contributed by atoms with Crippen molar-refractivity contribution in [2.24, 2.45) is 0 Å². The van der Waals surface area contributed by atoms with Gasteiger partial charge in [-0.25, -0.2) is 0 Å². The van der Waals surface area contributed by atoms with Crippen LogP contribution < -0.4 is 4.74 Å². The Hall–Kier alpha value is -0.830. The van der Waals surface area contributed by atoms with E-state index in [0.717, 1.165) is 11.1 Å². The summed E-state index contributed by atoms with van der Waals surface area (Å²) < 4.78 is 5.21. The van der Waals surface area contributed by atoms with Crippen LogP contribution in [0.25, 0.3) is 0 Å². The van der Waals surface area contributed by atoms with E-state index in [1.165, 1.54) is 0 Å². The van der Waals surface area contributed by atoms with Gasteiger partial charge in [0.05, 0.1) is 18.0 Å². The molecular weight excluding hydrogens is 244 g/mol. The van der Waals surface area contributed by atoms with Crippen molar-refractivity contribution in [3.8, 4) is 5.75 Å². The second-order valence-corrected chi connectivity index (χ2v) is 3.78. The first kappa shape index (κ1) is 11.2. The summed E-state index contributed by atoms with van der Waals surface area (Å²) in [6, 6.07) is 3.86. The largest absolute Gasteiger partial charge is 0.496 e. The van der Waals surface area contributed by atoms with Crippen molar-refractivity contribution >= 4 is 21.7 Å². The molecule has 0 spiro atoms. The lowest BCUT2D eigenvalue weighted by atomic mass is 10.0. The van der Waals surface area contributed by atoms with Gasteiger partial charge in [0, 0.05) is 0 Å². The van der Waals surface area contributed by atoms with Crippen molar-refractivity contribution in [1.29, 1.82) is 0 Å². The number of ketones is 1. The number of hydrogen-bond donors (Lipinski definition) is 0. The summed E-state index contributed by atoms with van der Waals surface area (Å²) in [5.74, 6) is 0.730. The fourth-order valence-electron chi connectivity index (χ4n) is 1.50. The van der Waals surface area contributed by atoms with Gasteiger partial charge in [-0.2, -0.15) is 0 Å². The SMILES string of the molecule is COc1c(C)cc(C)cc1C(=O)CBr. The number of ether oxygens (including phenoxy) is 1. The molecule has 0 N–H and O–H groups in total. The first-order valence-electron chi connectivity index (χ1n) is 4.34. The summed E-state index contributed by atoms with van der Waals surface area (Å²) in [5.41, 5.74) is 2.73. The van der Waals surface area contributed by atoms with Crippen LogP contribution in [-0.4, -0.2) is 18.2 Å². The Labute approximate surface area is 92.4 Å². The standard InChI is InChI=1S/C11H13BrO2/c1-7-4-8(2)11(14-3)9(5-7)10(13)6-12/h4-5H,6H2,1-3H3. The molecule has 76 valence electrons. The van der Waals surface area contributed by atoms with Gasteiger partial charge in [0.25, 0.3) is 0 Å². The van der Waals surface area contributed by atoms with E-state index in [2.05, 4.69) is 15.9 Å². The van der Waals surface area contributed by atoms with Crippen LogP contribution in [0.2, 0.25) is 0 Å². The van der Waals surface area contributed by atoms with Crippen LogP contribution in [0.3, 0.4) is 0 Å². The van der Waals surface area contributed by atoms with Gasteiger partial charge in [-0.3, -0.25) is 4.79 Å². The smallest absolute Gasteiger partial charge is 0.177 e. The normalized spacial score (nSPS) is 10.0. The van der Waals surface area contributed by atoms with Gasteiger partial charge in [0.1, 0.15) is 5.75 Å². The van der Waals surface area contributed by atoms with Crippen molar-refractivity contribution in [1.82, 2.24) is 0 Å². The minimum Gasteiger partial charge on any atom is -0.496 e. The third-order valence-electron chi connectivity index (χ3n) is 2.04. The zero-order valence-corrected chi connectivity index (χ0v) is 10.1. The lowest BCUT2D eigenvalue weighted by Gasteiger charge is -2.10. The van der Waals surface area contributed by atoms with Gasteiger partial charge < -0.3 is 4.74 Å². The number of hydrogen-bond acceptors (Lipinski definition) is 2. The first-order chi connectivity index (χ1) is 6.60. The Morgan fingerprint density at radius 3 is 2.57 bits per heavy atom. The van der Waals surface area contributed by atoms with Crippen LogP contribution in [-0.2, 0) is 0 Å². The zero-order valence-electron chi connectivity index (χ0n) is 8.56. The number of benzene rings is 1. The monoisotopic (exact) mass is 256 g/mol. The molecule has 0 atom stereocenters. The number of alkyl halides is 1. The van der Waals surface area contributed by atoms with Crippen molar-refractivity contribution in [3.05, 3.63) is 28.8 Å². The predicted molar refractivity (Wildman–Crippen MR) is 60.6 cm³/mol. The average molecular weight is 257 g/mol. The lowest BCUT2D eigenvalue weighted by molar-refractivity contribution is 0.102. The summed E-state index contributed by atoms with van der Waals surface area (Å²) in [6.45, 7) is 3.91. The molecule has 1 aromatic rings. The number of methoxy groups -OCH3 is 1. The fourth-order valence-corrected chi connectivity index (χ4v) is 1.81. The van der Waals surface area contributed by atoms with E-state index in [-0.39, 0.29) is 5.78 Å². The van der Waals surface area contributed by atoms with Crippen LogP contribution in [0.4, 0.5) is 0 Å². The minimum atomic E-state index is 0.0497. The molecule has 0 aliphatic rings. The molecule has 0 aromatic heterocycles. The van der Waals surface area contributed by atoms with Crippen molar-refractivity contribution in [2.75, 3.05) is 12.4 Å². The summed E-state index contributed by atoms with van der Waals surface area (Å²) >= 11 is 3.16. The summed E-state index contributed by atoms with van der Waals surface area (Å²) in [5, 5.41) is 0.326. The first-order valence-corrected chi connectivity index (χ1v) is 5.46. The number of halogens is 1. The fraction of sp³-hybridized carbons (Fsp3) is 0.364. The molecule has 0 aliphatic carbocycles. The Morgan fingerprint density at radius 1 is 1.43 bits per heavy atom. The molecule has 0 saturated carbocycles. The Morgan fingerprint density at radius 2 is 2.07 bits per heavy atom. The van der Waals surface area contributed by atoms with Crippen molar-refractivity contribution in [3.63, 3.8) is 0 Å². The van der Waals surface area contributed by atoms with Crippen LogP contribution >= 0.6 is 15.9 Å². The van der Waals surface area contributed by atoms with E-state index >= 15 is 0 Å². The third-order valence-corrected chi connectivity index (χ3v) is 2.55. The van der Waals surface area contributed by atoms with E-state index in [9.17, 15) is 4.79 Å². The molecular formula is C11H13BrO2.